The van der Waals surface area contributed by atoms with Crippen LogP contribution in [0.4, 0.5) is 11.8 Å². The van der Waals surface area contributed by atoms with E-state index < -0.39 is 0 Å². The first kappa shape index (κ1) is 14.7. The molecule has 1 saturated carbocycles. The van der Waals surface area contributed by atoms with Crippen molar-refractivity contribution in [1.29, 1.82) is 0 Å². The number of hydrogen-bond donors (Lipinski definition) is 3. The van der Waals surface area contributed by atoms with Crippen LogP contribution in [0.5, 0.6) is 0 Å². The zero-order valence-electron chi connectivity index (χ0n) is 13.9. The molecule has 0 amide bonds. The molecule has 0 unspecified atom stereocenters. The van der Waals surface area contributed by atoms with Crippen LogP contribution in [0.3, 0.4) is 0 Å². The Balaban J connectivity index is 1.43. The van der Waals surface area contributed by atoms with Gasteiger partial charge in [0.25, 0.3) is 0 Å². The predicted octanol–water partition coefficient (Wildman–Crippen LogP) is 2.17. The summed E-state index contributed by atoms with van der Waals surface area (Å²) in [5.74, 6) is 1.60. The molecule has 8 heteroatoms. The molecule has 8 nitrogen and oxygen atoms in total. The van der Waals surface area contributed by atoms with Gasteiger partial charge in [-0.3, -0.25) is 5.10 Å². The van der Waals surface area contributed by atoms with Crippen molar-refractivity contribution in [2.75, 3.05) is 24.2 Å². The Morgan fingerprint density at radius 1 is 1.36 bits per heavy atom. The van der Waals surface area contributed by atoms with Gasteiger partial charge >= 0.3 is 0 Å². The Kier molecular flexibility index (Phi) is 3.37. The van der Waals surface area contributed by atoms with Crippen LogP contribution < -0.4 is 11.1 Å². The van der Waals surface area contributed by atoms with Crippen molar-refractivity contribution in [2.45, 2.75) is 37.7 Å². The molecule has 0 radical (unpaired) electrons. The van der Waals surface area contributed by atoms with Crippen LogP contribution in [-0.4, -0.2) is 44.1 Å². The Hall–Kier alpha value is -2.61. The number of hydrogen-bond acceptors (Lipinski definition) is 6. The van der Waals surface area contributed by atoms with Crippen molar-refractivity contribution < 1.29 is 4.74 Å². The van der Waals surface area contributed by atoms with E-state index in [9.17, 15) is 0 Å². The van der Waals surface area contributed by atoms with Gasteiger partial charge in [0.05, 0.1) is 11.8 Å². The van der Waals surface area contributed by atoms with Crippen LogP contribution in [0, 0.1) is 0 Å². The molecule has 3 aromatic heterocycles. The van der Waals surface area contributed by atoms with Crippen LogP contribution in [0.2, 0.25) is 0 Å². The van der Waals surface area contributed by atoms with Crippen molar-refractivity contribution in [3.05, 3.63) is 24.0 Å². The van der Waals surface area contributed by atoms with E-state index in [2.05, 4.69) is 31.7 Å². The average Bonchev–Trinajstić information content (AvgIpc) is 3.05. The third-order valence-electron chi connectivity index (χ3n) is 4.94. The van der Waals surface area contributed by atoms with E-state index in [4.69, 9.17) is 10.5 Å². The molecular weight excluding hydrogens is 318 g/mol. The number of rotatable bonds is 5. The van der Waals surface area contributed by atoms with Gasteiger partial charge < -0.3 is 15.8 Å². The summed E-state index contributed by atoms with van der Waals surface area (Å²) in [5.41, 5.74) is 10.0. The lowest BCUT2D eigenvalue weighted by molar-refractivity contribution is 0.120. The molecule has 0 aromatic carbocycles. The predicted molar refractivity (Wildman–Crippen MR) is 94.4 cm³/mol. The van der Waals surface area contributed by atoms with E-state index in [1.807, 2.05) is 12.3 Å². The lowest BCUT2D eigenvalue weighted by Crippen LogP contribution is -2.20. The first-order valence-corrected chi connectivity index (χ1v) is 8.84. The maximum atomic E-state index is 6.22. The summed E-state index contributed by atoms with van der Waals surface area (Å²) in [4.78, 5) is 4.42. The molecule has 4 N–H and O–H groups in total. The standard InChI is InChI=1S/C17H21N7O/c18-16-15-12(14-8-13(21-22-14)10-3-4-10)5-6-24(15)23-17(20-16)19-9-11-2-1-7-25-11/h5-6,8,10-11H,1-4,7,9H2,(H,21,22)(H3,18,19,20,23)/t11-/m1/s1. The van der Waals surface area contributed by atoms with Crippen LogP contribution in [0.25, 0.3) is 16.8 Å². The van der Waals surface area contributed by atoms with E-state index in [1.54, 1.807) is 4.52 Å². The monoisotopic (exact) mass is 339 g/mol. The molecule has 0 bridgehead atoms. The number of ether oxygens (including phenoxy) is 1. The molecule has 2 fully saturated rings. The second-order valence-corrected chi connectivity index (χ2v) is 6.84. The molecule has 5 rings (SSSR count). The smallest absolute Gasteiger partial charge is 0.243 e. The molecule has 1 atom stereocenters. The lowest BCUT2D eigenvalue weighted by Gasteiger charge is -2.11. The summed E-state index contributed by atoms with van der Waals surface area (Å²) in [6.07, 6.45) is 6.78. The topological polar surface area (TPSA) is 106 Å². The highest BCUT2D eigenvalue weighted by molar-refractivity contribution is 5.86. The number of anilines is 2. The Labute approximate surface area is 144 Å². The van der Waals surface area contributed by atoms with Gasteiger partial charge in [-0.1, -0.05) is 0 Å². The largest absolute Gasteiger partial charge is 0.382 e. The van der Waals surface area contributed by atoms with Crippen LogP contribution in [0.15, 0.2) is 18.3 Å². The number of nitrogen functional groups attached to an aromatic ring is 1. The Morgan fingerprint density at radius 2 is 2.28 bits per heavy atom. The van der Waals surface area contributed by atoms with Gasteiger partial charge in [-0.15, -0.1) is 5.10 Å². The van der Waals surface area contributed by atoms with Gasteiger partial charge in [0.15, 0.2) is 5.82 Å². The molecule has 1 saturated heterocycles. The van der Waals surface area contributed by atoms with Crippen molar-refractivity contribution in [3.8, 4) is 11.3 Å². The van der Waals surface area contributed by atoms with E-state index in [0.29, 0.717) is 24.2 Å². The maximum Gasteiger partial charge on any atom is 0.243 e. The molecule has 2 aliphatic rings. The van der Waals surface area contributed by atoms with Crippen LogP contribution in [-0.2, 0) is 4.74 Å². The van der Waals surface area contributed by atoms with Crippen LogP contribution >= 0.6 is 0 Å². The van der Waals surface area contributed by atoms with Gasteiger partial charge in [-0.25, -0.2) is 4.52 Å². The van der Waals surface area contributed by atoms with E-state index >= 15 is 0 Å². The number of fused-ring (bicyclic) bond motifs is 1. The molecule has 25 heavy (non-hydrogen) atoms. The molecule has 4 heterocycles. The minimum absolute atomic E-state index is 0.227. The van der Waals surface area contributed by atoms with Gasteiger partial charge in [0, 0.05) is 36.5 Å². The molecule has 1 aliphatic carbocycles. The summed E-state index contributed by atoms with van der Waals surface area (Å²) in [7, 11) is 0. The lowest BCUT2D eigenvalue weighted by atomic mass is 10.1. The van der Waals surface area contributed by atoms with Crippen LogP contribution in [0.1, 0.15) is 37.3 Å². The minimum Gasteiger partial charge on any atom is -0.382 e. The summed E-state index contributed by atoms with van der Waals surface area (Å²) in [6.45, 7) is 1.53. The highest BCUT2D eigenvalue weighted by atomic mass is 16.5. The normalized spacial score (nSPS) is 20.4. The zero-order chi connectivity index (χ0) is 16.8. The van der Waals surface area contributed by atoms with E-state index in [1.165, 1.54) is 18.5 Å². The maximum absolute atomic E-state index is 6.22. The minimum atomic E-state index is 0.227. The molecule has 0 spiro atoms. The van der Waals surface area contributed by atoms with Gasteiger partial charge in [-0.2, -0.15) is 10.1 Å². The highest BCUT2D eigenvalue weighted by Gasteiger charge is 2.26. The number of nitrogens with zero attached hydrogens (tertiary/aromatic N) is 4. The van der Waals surface area contributed by atoms with Crippen molar-refractivity contribution in [3.63, 3.8) is 0 Å². The second kappa shape index (κ2) is 5.73. The summed E-state index contributed by atoms with van der Waals surface area (Å²) in [5, 5.41) is 15.3. The summed E-state index contributed by atoms with van der Waals surface area (Å²) < 4.78 is 7.38. The number of nitrogens with two attached hydrogens (primary N) is 1. The number of nitrogens with one attached hydrogen (secondary N) is 2. The van der Waals surface area contributed by atoms with Crippen molar-refractivity contribution in [2.24, 2.45) is 0 Å². The second-order valence-electron chi connectivity index (χ2n) is 6.84. The van der Waals surface area contributed by atoms with E-state index in [-0.39, 0.29) is 6.10 Å². The van der Waals surface area contributed by atoms with Gasteiger partial charge in [0.1, 0.15) is 5.52 Å². The first-order chi connectivity index (χ1) is 12.3. The quantitative estimate of drug-likeness (QED) is 0.658. The SMILES string of the molecule is Nc1nc(NC[C@H]2CCCO2)nn2ccc(-c3cc(C4CC4)[nH]n3)c12. The highest BCUT2D eigenvalue weighted by Crippen LogP contribution is 2.40. The average molecular weight is 339 g/mol. The fourth-order valence-corrected chi connectivity index (χ4v) is 3.42. The first-order valence-electron chi connectivity index (χ1n) is 8.84. The number of H-pyrrole nitrogens is 1. The van der Waals surface area contributed by atoms with Gasteiger partial charge in [0.2, 0.25) is 5.95 Å². The van der Waals surface area contributed by atoms with Crippen molar-refractivity contribution in [1.82, 2.24) is 24.8 Å². The van der Waals surface area contributed by atoms with E-state index in [0.717, 1.165) is 36.2 Å². The fraction of sp³-hybridized carbons (Fsp3) is 0.471. The molecule has 1 aliphatic heterocycles. The Morgan fingerprint density at radius 3 is 3.08 bits per heavy atom. The number of aromatic nitrogens is 5. The van der Waals surface area contributed by atoms with Gasteiger partial charge in [-0.05, 0) is 37.8 Å². The number of aromatic amines is 1. The molecule has 3 aromatic rings. The Bertz CT molecular complexity index is 905. The molecular formula is C17H21N7O. The summed E-state index contributed by atoms with van der Waals surface area (Å²) in [6, 6.07) is 4.09. The third kappa shape index (κ3) is 2.72. The summed E-state index contributed by atoms with van der Waals surface area (Å²) >= 11 is 0. The zero-order valence-corrected chi connectivity index (χ0v) is 13.9. The third-order valence-corrected chi connectivity index (χ3v) is 4.94. The molecule has 130 valence electrons. The van der Waals surface area contributed by atoms with Crippen molar-refractivity contribution >= 4 is 17.3 Å². The fourth-order valence-electron chi connectivity index (χ4n) is 3.42.